The van der Waals surface area contributed by atoms with Gasteiger partial charge in [0.25, 0.3) is 0 Å². The third-order valence-corrected chi connectivity index (χ3v) is 6.19. The molecule has 0 aromatic carbocycles. The van der Waals surface area contributed by atoms with Crippen LogP contribution in [0, 0.1) is 11.8 Å². The van der Waals surface area contributed by atoms with Gasteiger partial charge in [-0.15, -0.1) is 36.2 Å². The fraction of sp³-hybridized carbons (Fsp3) is 0.556. The van der Waals surface area contributed by atoms with Crippen LogP contribution in [0.2, 0.25) is 0 Å². The lowest BCUT2D eigenvalue weighted by molar-refractivity contribution is -0.122. The Morgan fingerprint density at radius 3 is 2.69 bits per heavy atom. The van der Waals surface area contributed by atoms with Crippen LogP contribution in [0.4, 0.5) is 0 Å². The van der Waals surface area contributed by atoms with Crippen molar-refractivity contribution in [3.05, 3.63) is 29.5 Å². The highest BCUT2D eigenvalue weighted by atomic mass is 35.5. The van der Waals surface area contributed by atoms with E-state index in [1.165, 1.54) is 19.3 Å². The van der Waals surface area contributed by atoms with Gasteiger partial charge in [-0.25, -0.2) is 4.98 Å². The molecule has 8 heteroatoms. The fourth-order valence-corrected chi connectivity index (χ4v) is 4.98. The van der Waals surface area contributed by atoms with Gasteiger partial charge < -0.3 is 15.5 Å². The van der Waals surface area contributed by atoms with Crippen molar-refractivity contribution < 1.29 is 9.21 Å². The lowest BCUT2D eigenvalue weighted by Crippen LogP contribution is -2.54. The summed E-state index contributed by atoms with van der Waals surface area (Å²) in [5, 5.41) is 5.24. The first kappa shape index (κ1) is 21.2. The Labute approximate surface area is 170 Å². The Kier molecular flexibility index (Phi) is 7.52. The maximum absolute atomic E-state index is 12.5. The summed E-state index contributed by atoms with van der Waals surface area (Å²) in [6.07, 6.45) is 7.57. The molecule has 2 aliphatic rings. The van der Waals surface area contributed by atoms with Crippen LogP contribution >= 0.6 is 36.2 Å². The van der Waals surface area contributed by atoms with Gasteiger partial charge in [0.1, 0.15) is 6.26 Å². The van der Waals surface area contributed by atoms with Gasteiger partial charge in [-0.05, 0) is 49.0 Å². The second-order valence-electron chi connectivity index (χ2n) is 7.07. The third kappa shape index (κ3) is 4.60. The van der Waals surface area contributed by atoms with E-state index in [-0.39, 0.29) is 43.2 Å². The molecule has 3 N–H and O–H groups in total. The number of thiophene rings is 1. The molecular weight excluding hydrogens is 393 g/mol. The Morgan fingerprint density at radius 2 is 2.04 bits per heavy atom. The van der Waals surface area contributed by atoms with E-state index in [2.05, 4.69) is 10.3 Å². The zero-order valence-electron chi connectivity index (χ0n) is 14.4. The molecule has 2 bridgehead atoms. The van der Waals surface area contributed by atoms with Crippen LogP contribution in [-0.2, 0) is 11.2 Å². The summed E-state index contributed by atoms with van der Waals surface area (Å²) in [6.45, 7) is 0. The van der Waals surface area contributed by atoms with E-state index in [1.807, 2.05) is 17.5 Å². The molecule has 0 aliphatic heterocycles. The highest BCUT2D eigenvalue weighted by molar-refractivity contribution is 7.13. The van der Waals surface area contributed by atoms with Gasteiger partial charge in [0.05, 0.1) is 17.0 Å². The Bertz CT molecular complexity index is 693. The van der Waals surface area contributed by atoms with Gasteiger partial charge in [-0.1, -0.05) is 12.5 Å². The number of nitrogens with two attached hydrogens (primary N) is 1. The van der Waals surface area contributed by atoms with Crippen LogP contribution in [0.3, 0.4) is 0 Å². The predicted octanol–water partition coefficient (Wildman–Crippen LogP) is 3.81. The molecule has 2 atom stereocenters. The van der Waals surface area contributed by atoms with Gasteiger partial charge in [-0.2, -0.15) is 0 Å². The number of fused-ring (bicyclic) bond motifs is 2. The summed E-state index contributed by atoms with van der Waals surface area (Å²) in [5.74, 6) is 1.71. The Hall–Kier alpha value is -1.08. The van der Waals surface area contributed by atoms with Gasteiger partial charge in [0.15, 0.2) is 0 Å². The molecule has 0 radical (unpaired) electrons. The minimum Gasteiger partial charge on any atom is -0.444 e. The number of carbonyl (C=O) groups is 1. The van der Waals surface area contributed by atoms with Crippen molar-refractivity contribution in [1.29, 1.82) is 0 Å². The molecule has 2 unspecified atom stereocenters. The number of nitrogens with zero attached hydrogens (tertiary/aromatic N) is 1. The molecule has 2 aromatic heterocycles. The molecule has 2 saturated carbocycles. The van der Waals surface area contributed by atoms with Crippen LogP contribution < -0.4 is 11.1 Å². The molecule has 4 rings (SSSR count). The maximum atomic E-state index is 12.5. The second-order valence-corrected chi connectivity index (χ2v) is 8.02. The van der Waals surface area contributed by atoms with E-state index in [1.54, 1.807) is 17.6 Å². The first-order chi connectivity index (χ1) is 11.7. The monoisotopic (exact) mass is 417 g/mol. The van der Waals surface area contributed by atoms with Crippen LogP contribution in [0.1, 0.15) is 37.8 Å². The number of rotatable bonds is 4. The summed E-state index contributed by atoms with van der Waals surface area (Å²) in [4.78, 5) is 17.9. The second kappa shape index (κ2) is 9.22. The van der Waals surface area contributed by atoms with Crippen LogP contribution in [0.15, 0.2) is 28.2 Å². The lowest BCUT2D eigenvalue weighted by Gasteiger charge is -2.45. The zero-order chi connectivity index (χ0) is 16.5. The molecule has 0 saturated heterocycles. The summed E-state index contributed by atoms with van der Waals surface area (Å²) in [5.41, 5.74) is 6.85. The van der Waals surface area contributed by atoms with Gasteiger partial charge in [-0.3, -0.25) is 4.79 Å². The van der Waals surface area contributed by atoms with Crippen molar-refractivity contribution in [3.63, 3.8) is 0 Å². The molecule has 0 spiro atoms. The summed E-state index contributed by atoms with van der Waals surface area (Å²) >= 11 is 1.58. The first-order valence-corrected chi connectivity index (χ1v) is 9.60. The minimum absolute atomic E-state index is 0. The van der Waals surface area contributed by atoms with Crippen LogP contribution in [0.25, 0.3) is 10.8 Å². The van der Waals surface area contributed by atoms with E-state index in [0.29, 0.717) is 29.5 Å². The minimum atomic E-state index is 0. The number of oxazole rings is 1. The molecule has 2 heterocycles. The molecule has 2 aliphatic carbocycles. The van der Waals surface area contributed by atoms with Crippen LogP contribution in [-0.4, -0.2) is 23.0 Å². The number of amides is 1. The molecule has 2 aromatic rings. The average molecular weight is 418 g/mol. The van der Waals surface area contributed by atoms with Crippen LogP contribution in [0.5, 0.6) is 0 Å². The smallest absolute Gasteiger partial charge is 0.236 e. The number of carbonyl (C=O) groups excluding carboxylic acids is 1. The molecule has 144 valence electrons. The molecule has 1 amide bonds. The molecule has 26 heavy (non-hydrogen) atoms. The quantitative estimate of drug-likeness (QED) is 0.791. The number of hydrogen-bond acceptors (Lipinski definition) is 5. The number of aromatic nitrogens is 1. The van der Waals surface area contributed by atoms with E-state index < -0.39 is 0 Å². The lowest BCUT2D eigenvalue weighted by atomic mass is 9.67. The summed E-state index contributed by atoms with van der Waals surface area (Å²) < 4.78 is 5.49. The Morgan fingerprint density at radius 1 is 1.31 bits per heavy atom. The third-order valence-electron chi connectivity index (χ3n) is 5.33. The van der Waals surface area contributed by atoms with Crippen molar-refractivity contribution in [2.75, 3.05) is 0 Å². The van der Waals surface area contributed by atoms with E-state index >= 15 is 0 Å². The SMILES string of the molecule is Cl.Cl.NC1CC2CCCC(C1)C2NC(=O)Cc1coc(-c2cccs2)n1. The summed E-state index contributed by atoms with van der Waals surface area (Å²) in [6, 6.07) is 4.52. The van der Waals surface area contributed by atoms with Gasteiger partial charge in [0, 0.05) is 12.1 Å². The largest absolute Gasteiger partial charge is 0.444 e. The Balaban J connectivity index is 0.00000121. The van der Waals surface area contributed by atoms with E-state index in [0.717, 1.165) is 17.7 Å². The first-order valence-electron chi connectivity index (χ1n) is 8.72. The normalized spacial score (nSPS) is 27.1. The molecule has 5 nitrogen and oxygen atoms in total. The van der Waals surface area contributed by atoms with E-state index in [4.69, 9.17) is 10.2 Å². The van der Waals surface area contributed by atoms with Gasteiger partial charge >= 0.3 is 0 Å². The predicted molar refractivity (Wildman–Crippen MR) is 108 cm³/mol. The van der Waals surface area contributed by atoms with Crippen molar-refractivity contribution in [3.8, 4) is 10.8 Å². The zero-order valence-corrected chi connectivity index (χ0v) is 16.9. The van der Waals surface area contributed by atoms with Crippen molar-refractivity contribution >= 4 is 42.1 Å². The number of hydrogen-bond donors (Lipinski definition) is 2. The fourth-order valence-electron chi connectivity index (χ4n) is 4.33. The van der Waals surface area contributed by atoms with Crippen molar-refractivity contribution in [2.24, 2.45) is 17.6 Å². The molecule has 2 fully saturated rings. The molecular formula is C18H25Cl2N3O2S. The highest BCUT2D eigenvalue weighted by Gasteiger charge is 2.39. The number of nitrogens with one attached hydrogen (secondary N) is 1. The maximum Gasteiger partial charge on any atom is 0.236 e. The average Bonchev–Trinajstić information content (AvgIpc) is 3.19. The number of halogens is 2. The standard InChI is InChI=1S/C18H23N3O2S.2ClH/c19-13-7-11-3-1-4-12(8-13)17(11)21-16(22)9-14-10-23-18(20-14)15-5-2-6-24-15;;/h2,5-6,10-13,17H,1,3-4,7-9,19H2,(H,21,22);2*1H. The van der Waals surface area contributed by atoms with Crippen molar-refractivity contribution in [2.45, 2.75) is 50.6 Å². The van der Waals surface area contributed by atoms with Gasteiger partial charge in [0.2, 0.25) is 11.8 Å². The van der Waals surface area contributed by atoms with E-state index in [9.17, 15) is 4.79 Å². The highest BCUT2D eigenvalue weighted by Crippen LogP contribution is 2.39. The topological polar surface area (TPSA) is 81.1 Å². The van der Waals surface area contributed by atoms with Crippen molar-refractivity contribution in [1.82, 2.24) is 10.3 Å². The summed E-state index contributed by atoms with van der Waals surface area (Å²) in [7, 11) is 0.